The number of anilines is 1. The first-order chi connectivity index (χ1) is 13.0. The van der Waals surface area contributed by atoms with Crippen molar-refractivity contribution in [1.82, 2.24) is 0 Å². The Kier molecular flexibility index (Phi) is 6.34. The Labute approximate surface area is 165 Å². The molecule has 3 aromatic carbocycles. The molecule has 0 saturated carbocycles. The van der Waals surface area contributed by atoms with Gasteiger partial charge in [-0.3, -0.25) is 0 Å². The molecule has 0 radical (unpaired) electrons. The van der Waals surface area contributed by atoms with E-state index < -0.39 is 7.92 Å². The molecule has 1 N–H and O–H groups in total. The van der Waals surface area contributed by atoms with E-state index in [1.54, 1.807) is 0 Å². The van der Waals surface area contributed by atoms with E-state index in [0.29, 0.717) is 0 Å². The van der Waals surface area contributed by atoms with Crippen molar-refractivity contribution in [3.63, 3.8) is 0 Å². The van der Waals surface area contributed by atoms with Crippen LogP contribution in [0.3, 0.4) is 0 Å². The van der Waals surface area contributed by atoms with Gasteiger partial charge >= 0.3 is 0 Å². The summed E-state index contributed by atoms with van der Waals surface area (Å²) in [6.07, 6.45) is 2.25. The van der Waals surface area contributed by atoms with Gasteiger partial charge in [-0.1, -0.05) is 92.2 Å². The Morgan fingerprint density at radius 2 is 1.30 bits per heavy atom. The molecule has 0 amide bonds. The second kappa shape index (κ2) is 8.72. The van der Waals surface area contributed by atoms with Gasteiger partial charge in [-0.05, 0) is 51.3 Å². The molecule has 0 unspecified atom stereocenters. The molecule has 27 heavy (non-hydrogen) atoms. The minimum Gasteiger partial charge on any atom is -0.380 e. The molecule has 0 heterocycles. The van der Waals surface area contributed by atoms with Crippen molar-refractivity contribution in [2.24, 2.45) is 0 Å². The number of hydrogen-bond donors (Lipinski definition) is 1. The molecule has 0 aliphatic carbocycles. The first-order valence-electron chi connectivity index (χ1n) is 9.80. The minimum absolute atomic E-state index is 0.0208. The number of rotatable bonds is 6. The Bertz CT molecular complexity index is 811. The fourth-order valence-corrected chi connectivity index (χ4v) is 5.80. The summed E-state index contributed by atoms with van der Waals surface area (Å²) in [5.74, 6) is 0. The average molecular weight is 375 g/mol. The van der Waals surface area contributed by atoms with Crippen molar-refractivity contribution in [3.05, 3.63) is 84.4 Å². The monoisotopic (exact) mass is 375 g/mol. The summed E-state index contributed by atoms with van der Waals surface area (Å²) in [5, 5.41) is 8.04. The quantitative estimate of drug-likeness (QED) is 0.552. The van der Waals surface area contributed by atoms with Gasteiger partial charge in [-0.25, -0.2) is 0 Å². The number of nitrogens with one attached hydrogen (secondary N) is 1. The highest BCUT2D eigenvalue weighted by atomic mass is 31.1. The maximum atomic E-state index is 3.84. The van der Waals surface area contributed by atoms with E-state index in [1.165, 1.54) is 27.2 Å². The molecule has 3 rings (SSSR count). The van der Waals surface area contributed by atoms with E-state index in [-0.39, 0.29) is 5.54 Å². The zero-order chi connectivity index (χ0) is 19.3. The normalized spacial score (nSPS) is 11.6. The lowest BCUT2D eigenvalue weighted by atomic mass is 10.0. The highest BCUT2D eigenvalue weighted by Gasteiger charge is 2.23. The van der Waals surface area contributed by atoms with Gasteiger partial charge in [-0.2, -0.15) is 0 Å². The fraction of sp³-hybridized carbons (Fsp3) is 0.280. The maximum absolute atomic E-state index is 3.84. The van der Waals surface area contributed by atoms with Crippen LogP contribution in [0.5, 0.6) is 0 Å². The molecule has 140 valence electrons. The van der Waals surface area contributed by atoms with Crippen LogP contribution in [0.1, 0.15) is 39.7 Å². The predicted octanol–water partition coefficient (Wildman–Crippen LogP) is 5.61. The van der Waals surface area contributed by atoms with Crippen LogP contribution in [0.15, 0.2) is 78.9 Å². The van der Waals surface area contributed by atoms with Crippen molar-refractivity contribution in [2.45, 2.75) is 46.1 Å². The van der Waals surface area contributed by atoms with E-state index in [2.05, 4.69) is 112 Å². The predicted molar refractivity (Wildman–Crippen MR) is 123 cm³/mol. The summed E-state index contributed by atoms with van der Waals surface area (Å²) in [4.78, 5) is 0. The van der Waals surface area contributed by atoms with Gasteiger partial charge in [0.05, 0.1) is 0 Å². The van der Waals surface area contributed by atoms with E-state index in [0.717, 1.165) is 12.8 Å². The Morgan fingerprint density at radius 1 is 0.741 bits per heavy atom. The van der Waals surface area contributed by atoms with Gasteiger partial charge in [0, 0.05) is 16.5 Å². The van der Waals surface area contributed by atoms with Crippen LogP contribution in [-0.4, -0.2) is 5.54 Å². The van der Waals surface area contributed by atoms with Crippen LogP contribution in [0.2, 0.25) is 0 Å². The second-order valence-electron chi connectivity index (χ2n) is 7.94. The highest BCUT2D eigenvalue weighted by molar-refractivity contribution is 7.80. The van der Waals surface area contributed by atoms with Crippen LogP contribution in [0.25, 0.3) is 0 Å². The van der Waals surface area contributed by atoms with Gasteiger partial charge in [0.25, 0.3) is 0 Å². The van der Waals surface area contributed by atoms with E-state index in [4.69, 9.17) is 0 Å². The number of benzene rings is 3. The summed E-state index contributed by atoms with van der Waals surface area (Å²) in [6, 6.07) is 28.7. The van der Waals surface area contributed by atoms with E-state index >= 15 is 0 Å². The smallest absolute Gasteiger partial charge is 0.0461 e. The van der Waals surface area contributed by atoms with Crippen LogP contribution in [0.4, 0.5) is 5.69 Å². The molecule has 0 aliphatic rings. The summed E-state index contributed by atoms with van der Waals surface area (Å²) in [7, 11) is -0.609. The number of para-hydroxylation sites is 1. The molecule has 0 bridgehead atoms. The lowest BCUT2D eigenvalue weighted by Crippen LogP contribution is -2.32. The molecule has 1 nitrogen and oxygen atoms in total. The SMILES string of the molecule is CCCc1cccc(P(c2ccccc2)c2ccccc2)c1NC(C)(C)C. The van der Waals surface area contributed by atoms with Crippen molar-refractivity contribution in [3.8, 4) is 0 Å². The molecule has 0 aliphatic heterocycles. The first-order valence-corrected chi connectivity index (χ1v) is 11.1. The first kappa shape index (κ1) is 19.6. The molecule has 0 fully saturated rings. The molecular weight excluding hydrogens is 345 g/mol. The zero-order valence-corrected chi connectivity index (χ0v) is 17.8. The van der Waals surface area contributed by atoms with Gasteiger partial charge in [0.2, 0.25) is 0 Å². The topological polar surface area (TPSA) is 12.0 Å². The molecular formula is C25H30NP. The standard InChI is InChI=1S/C25H30NP/c1-5-13-20-14-12-19-23(24(20)26-25(2,3)4)27(21-15-8-6-9-16-21)22-17-10-7-11-18-22/h6-12,14-19,26H,5,13H2,1-4H3. The van der Waals surface area contributed by atoms with Crippen molar-refractivity contribution in [1.29, 1.82) is 0 Å². The fourth-order valence-electron chi connectivity index (χ4n) is 3.35. The van der Waals surface area contributed by atoms with Gasteiger partial charge in [-0.15, -0.1) is 0 Å². The van der Waals surface area contributed by atoms with Crippen molar-refractivity contribution >= 4 is 29.5 Å². The molecule has 0 atom stereocenters. The summed E-state index contributed by atoms with van der Waals surface area (Å²) in [6.45, 7) is 8.98. The third kappa shape index (κ3) is 4.99. The van der Waals surface area contributed by atoms with Gasteiger partial charge in [0.15, 0.2) is 0 Å². The lowest BCUT2D eigenvalue weighted by Gasteiger charge is -2.30. The second-order valence-corrected chi connectivity index (χ2v) is 10.1. The third-order valence-corrected chi connectivity index (χ3v) is 6.90. The summed E-state index contributed by atoms with van der Waals surface area (Å²) in [5.41, 5.74) is 2.77. The van der Waals surface area contributed by atoms with Crippen LogP contribution in [0, 0.1) is 0 Å². The Hall–Kier alpha value is -2.11. The minimum atomic E-state index is -0.609. The van der Waals surface area contributed by atoms with E-state index in [1.807, 2.05) is 0 Å². The van der Waals surface area contributed by atoms with Crippen LogP contribution in [-0.2, 0) is 6.42 Å². The average Bonchev–Trinajstić information content (AvgIpc) is 2.65. The Morgan fingerprint density at radius 3 is 1.78 bits per heavy atom. The third-order valence-electron chi connectivity index (χ3n) is 4.42. The van der Waals surface area contributed by atoms with E-state index in [9.17, 15) is 0 Å². The maximum Gasteiger partial charge on any atom is 0.0461 e. The molecule has 2 heteroatoms. The summed E-state index contributed by atoms with van der Waals surface area (Å²) >= 11 is 0. The van der Waals surface area contributed by atoms with Crippen molar-refractivity contribution < 1.29 is 0 Å². The van der Waals surface area contributed by atoms with Gasteiger partial charge < -0.3 is 5.32 Å². The Balaban J connectivity index is 2.21. The van der Waals surface area contributed by atoms with Crippen molar-refractivity contribution in [2.75, 3.05) is 5.32 Å². The molecule has 0 spiro atoms. The molecule has 3 aromatic rings. The van der Waals surface area contributed by atoms with Crippen LogP contribution < -0.4 is 21.2 Å². The lowest BCUT2D eigenvalue weighted by molar-refractivity contribution is 0.633. The zero-order valence-electron chi connectivity index (χ0n) is 16.9. The number of aryl methyl sites for hydroxylation is 1. The molecule has 0 aromatic heterocycles. The summed E-state index contributed by atoms with van der Waals surface area (Å²) < 4.78 is 0. The highest BCUT2D eigenvalue weighted by Crippen LogP contribution is 2.37. The number of hydrogen-bond acceptors (Lipinski definition) is 1. The van der Waals surface area contributed by atoms with Crippen LogP contribution >= 0.6 is 7.92 Å². The largest absolute Gasteiger partial charge is 0.380 e. The van der Waals surface area contributed by atoms with Gasteiger partial charge in [0.1, 0.15) is 0 Å². The molecule has 0 saturated heterocycles.